The van der Waals surface area contributed by atoms with E-state index in [1.54, 1.807) is 29.2 Å². The Labute approximate surface area is 192 Å². The Hall–Kier alpha value is -3.59. The molecular formula is C24H28N4O5. The summed E-state index contributed by atoms with van der Waals surface area (Å²) < 4.78 is 16.2. The highest BCUT2D eigenvalue weighted by molar-refractivity contribution is 5.96. The van der Waals surface area contributed by atoms with Gasteiger partial charge in [0.2, 0.25) is 0 Å². The fourth-order valence-electron chi connectivity index (χ4n) is 4.03. The molecule has 2 aliphatic heterocycles. The molecule has 2 aromatic carbocycles. The Morgan fingerprint density at radius 1 is 1.09 bits per heavy atom. The molecule has 2 saturated heterocycles. The molecule has 1 atom stereocenters. The van der Waals surface area contributed by atoms with Gasteiger partial charge >= 0.3 is 12.2 Å². The largest absolute Gasteiger partial charge is 0.508 e. The van der Waals surface area contributed by atoms with E-state index in [4.69, 9.17) is 25.4 Å². The van der Waals surface area contributed by atoms with Crippen LogP contribution in [0, 0.1) is 5.41 Å². The van der Waals surface area contributed by atoms with Crippen molar-refractivity contribution >= 4 is 23.8 Å². The Bertz CT molecular complexity index is 974. The molecule has 2 fully saturated rings. The Balaban J connectivity index is 1.19. The maximum Gasteiger partial charge on any atom is 0.508 e. The first-order valence-corrected chi connectivity index (χ1v) is 11.0. The van der Waals surface area contributed by atoms with Crippen molar-refractivity contribution in [1.29, 1.82) is 5.41 Å². The number of amidine groups is 1. The molecule has 2 aromatic rings. The van der Waals surface area contributed by atoms with Crippen LogP contribution < -0.4 is 10.6 Å². The Kier molecular flexibility index (Phi) is 7.09. The summed E-state index contributed by atoms with van der Waals surface area (Å²) in [7, 11) is 0. The van der Waals surface area contributed by atoms with Crippen LogP contribution in [0.1, 0.15) is 24.0 Å². The van der Waals surface area contributed by atoms with E-state index in [1.165, 1.54) is 0 Å². The highest BCUT2D eigenvalue weighted by Gasteiger charge is 2.34. The maximum absolute atomic E-state index is 12.3. The van der Waals surface area contributed by atoms with Crippen LogP contribution in [0.2, 0.25) is 0 Å². The second-order valence-electron chi connectivity index (χ2n) is 8.22. The fourth-order valence-corrected chi connectivity index (χ4v) is 4.03. The number of benzene rings is 2. The number of carbonyl (C=O) groups excluding carboxylic acids is 2. The highest BCUT2D eigenvalue weighted by atomic mass is 16.7. The van der Waals surface area contributed by atoms with Crippen LogP contribution in [0.5, 0.6) is 0 Å². The van der Waals surface area contributed by atoms with E-state index >= 15 is 0 Å². The SMILES string of the molecule is N=C(N)c1ccc(N2C[C@@H](CN3CCC(OC(=O)OCc4ccccc4)CC3)OC2=O)cc1. The van der Waals surface area contributed by atoms with E-state index in [1.807, 2.05) is 30.3 Å². The van der Waals surface area contributed by atoms with E-state index in [9.17, 15) is 9.59 Å². The van der Waals surface area contributed by atoms with Crippen LogP contribution in [0.25, 0.3) is 0 Å². The zero-order chi connectivity index (χ0) is 23.2. The minimum Gasteiger partial charge on any atom is -0.443 e. The summed E-state index contributed by atoms with van der Waals surface area (Å²) in [5.41, 5.74) is 7.72. The second-order valence-corrected chi connectivity index (χ2v) is 8.22. The molecule has 0 bridgehead atoms. The van der Waals surface area contributed by atoms with Crippen LogP contribution in [-0.2, 0) is 20.8 Å². The third kappa shape index (κ3) is 6.01. The first kappa shape index (κ1) is 22.6. The molecule has 0 saturated carbocycles. The highest BCUT2D eigenvalue weighted by Crippen LogP contribution is 2.24. The van der Waals surface area contributed by atoms with Crippen molar-refractivity contribution in [3.63, 3.8) is 0 Å². The van der Waals surface area contributed by atoms with E-state index < -0.39 is 6.16 Å². The quantitative estimate of drug-likeness (QED) is 0.376. The van der Waals surface area contributed by atoms with Crippen molar-refractivity contribution in [3.05, 3.63) is 65.7 Å². The van der Waals surface area contributed by atoms with Gasteiger partial charge in [0.15, 0.2) is 0 Å². The molecule has 2 heterocycles. The van der Waals surface area contributed by atoms with Crippen molar-refractivity contribution in [1.82, 2.24) is 4.90 Å². The molecule has 3 N–H and O–H groups in total. The Morgan fingerprint density at radius 2 is 1.79 bits per heavy atom. The molecule has 4 rings (SSSR count). The van der Waals surface area contributed by atoms with Gasteiger partial charge in [-0.15, -0.1) is 0 Å². The lowest BCUT2D eigenvalue weighted by molar-refractivity contribution is -0.00783. The lowest BCUT2D eigenvalue weighted by Gasteiger charge is -2.32. The molecular weight excluding hydrogens is 424 g/mol. The minimum absolute atomic E-state index is 0.0136. The number of hydrogen-bond acceptors (Lipinski definition) is 7. The van der Waals surface area contributed by atoms with Crippen molar-refractivity contribution in [2.75, 3.05) is 31.1 Å². The zero-order valence-electron chi connectivity index (χ0n) is 18.3. The van der Waals surface area contributed by atoms with Crippen LogP contribution in [-0.4, -0.2) is 61.4 Å². The van der Waals surface area contributed by atoms with Crippen molar-refractivity contribution in [3.8, 4) is 0 Å². The van der Waals surface area contributed by atoms with Crippen molar-refractivity contribution < 1.29 is 23.8 Å². The monoisotopic (exact) mass is 452 g/mol. The maximum atomic E-state index is 12.3. The fraction of sp³-hybridized carbons (Fsp3) is 0.375. The second kappa shape index (κ2) is 10.4. The van der Waals surface area contributed by atoms with Gasteiger partial charge in [-0.1, -0.05) is 30.3 Å². The molecule has 0 aliphatic carbocycles. The van der Waals surface area contributed by atoms with Crippen LogP contribution in [0.3, 0.4) is 0 Å². The topological polar surface area (TPSA) is 118 Å². The van der Waals surface area contributed by atoms with E-state index in [2.05, 4.69) is 4.90 Å². The number of rotatable bonds is 7. The third-order valence-corrected chi connectivity index (χ3v) is 5.82. The first-order valence-electron chi connectivity index (χ1n) is 11.0. The normalized spacial score (nSPS) is 19.2. The number of nitrogen functional groups attached to an aromatic ring is 1. The molecule has 33 heavy (non-hydrogen) atoms. The number of amides is 1. The van der Waals surface area contributed by atoms with E-state index in [-0.39, 0.29) is 30.7 Å². The van der Waals surface area contributed by atoms with Gasteiger partial charge in [-0.25, -0.2) is 9.59 Å². The van der Waals surface area contributed by atoms with Gasteiger partial charge in [0.25, 0.3) is 0 Å². The van der Waals surface area contributed by atoms with E-state index in [0.29, 0.717) is 37.2 Å². The molecule has 0 radical (unpaired) electrons. The number of nitrogens with one attached hydrogen (secondary N) is 1. The first-order chi connectivity index (χ1) is 16.0. The van der Waals surface area contributed by atoms with Gasteiger partial charge in [0.1, 0.15) is 24.7 Å². The summed E-state index contributed by atoms with van der Waals surface area (Å²) in [5, 5.41) is 7.47. The van der Waals surface area contributed by atoms with Crippen LogP contribution >= 0.6 is 0 Å². The molecule has 9 nitrogen and oxygen atoms in total. The average molecular weight is 453 g/mol. The third-order valence-electron chi connectivity index (χ3n) is 5.82. The smallest absolute Gasteiger partial charge is 0.443 e. The summed E-state index contributed by atoms with van der Waals surface area (Å²) in [6.07, 6.45) is -0.0251. The molecule has 0 aromatic heterocycles. The number of nitrogens with two attached hydrogens (primary N) is 1. The van der Waals surface area contributed by atoms with Gasteiger partial charge in [-0.2, -0.15) is 0 Å². The molecule has 0 spiro atoms. The van der Waals surface area contributed by atoms with Crippen molar-refractivity contribution in [2.24, 2.45) is 5.73 Å². The summed E-state index contributed by atoms with van der Waals surface area (Å²) in [4.78, 5) is 28.1. The number of ether oxygens (including phenoxy) is 3. The number of piperidine rings is 1. The summed E-state index contributed by atoms with van der Waals surface area (Å²) in [6, 6.07) is 16.4. The standard InChI is InChI=1S/C24H28N4O5/c25-22(26)18-6-8-19(9-7-18)28-15-21(32-23(28)29)14-27-12-10-20(11-13-27)33-24(30)31-16-17-4-2-1-3-5-17/h1-9,20-21H,10-16H2,(H3,25,26)/t21-/m1/s1. The minimum atomic E-state index is -0.645. The number of nitrogens with zero attached hydrogens (tertiary/aromatic N) is 2. The molecule has 174 valence electrons. The number of anilines is 1. The lowest BCUT2D eigenvalue weighted by Crippen LogP contribution is -2.42. The predicted octanol–water partition coefficient (Wildman–Crippen LogP) is 3.11. The van der Waals surface area contributed by atoms with Gasteiger partial charge < -0.3 is 19.9 Å². The van der Waals surface area contributed by atoms with E-state index in [0.717, 1.165) is 18.7 Å². The number of carbonyl (C=O) groups is 2. The number of likely N-dealkylation sites (tertiary alicyclic amines) is 1. The molecule has 1 amide bonds. The summed E-state index contributed by atoms with van der Waals surface area (Å²) >= 11 is 0. The van der Waals surface area contributed by atoms with Crippen LogP contribution in [0.15, 0.2) is 54.6 Å². The predicted molar refractivity (Wildman–Crippen MR) is 122 cm³/mol. The molecule has 2 aliphatic rings. The van der Waals surface area contributed by atoms with Gasteiger partial charge in [-0.3, -0.25) is 15.2 Å². The average Bonchev–Trinajstić information content (AvgIpc) is 3.19. The van der Waals surface area contributed by atoms with Crippen LogP contribution in [0.4, 0.5) is 15.3 Å². The summed E-state index contributed by atoms with van der Waals surface area (Å²) in [5.74, 6) is -0.0136. The molecule has 0 unspecified atom stereocenters. The molecule has 9 heteroatoms. The number of cyclic esters (lactones) is 1. The summed E-state index contributed by atoms with van der Waals surface area (Å²) in [6.45, 7) is 2.77. The zero-order valence-corrected chi connectivity index (χ0v) is 18.3. The number of hydrogen-bond donors (Lipinski definition) is 2. The lowest BCUT2D eigenvalue weighted by atomic mass is 10.1. The van der Waals surface area contributed by atoms with Gasteiger partial charge in [0.05, 0.1) is 6.54 Å². The van der Waals surface area contributed by atoms with Crippen molar-refractivity contribution in [2.45, 2.75) is 31.7 Å². The Morgan fingerprint density at radius 3 is 2.45 bits per heavy atom. The van der Waals surface area contributed by atoms with Gasteiger partial charge in [0, 0.05) is 30.9 Å². The van der Waals surface area contributed by atoms with Gasteiger partial charge in [-0.05, 0) is 42.7 Å².